The number of aromatic nitrogens is 5. The van der Waals surface area contributed by atoms with Crippen LogP contribution in [0.4, 0.5) is 5.69 Å². The summed E-state index contributed by atoms with van der Waals surface area (Å²) in [4.78, 5) is 31.6. The number of aryl methyl sites for hydroxylation is 1. The lowest BCUT2D eigenvalue weighted by Crippen LogP contribution is -2.34. The third-order valence-electron chi connectivity index (χ3n) is 5.34. The summed E-state index contributed by atoms with van der Waals surface area (Å²) in [6.07, 6.45) is 1.59. The number of pyridine rings is 1. The number of carbonyl (C=O) groups excluding carboxylic acids is 1. The van der Waals surface area contributed by atoms with Gasteiger partial charge in [0.05, 0.1) is 5.56 Å². The van der Waals surface area contributed by atoms with E-state index in [0.717, 1.165) is 21.5 Å². The molecule has 0 aliphatic rings. The predicted octanol–water partition coefficient (Wildman–Crippen LogP) is 3.18. The van der Waals surface area contributed by atoms with Gasteiger partial charge in [-0.25, -0.2) is 13.9 Å². The molecule has 0 bridgehead atoms. The highest BCUT2D eigenvalue weighted by Crippen LogP contribution is 2.25. The molecular weight excluding hydrogens is 420 g/mol. The summed E-state index contributed by atoms with van der Waals surface area (Å²) in [6, 6.07) is 20.4. The van der Waals surface area contributed by atoms with E-state index in [1.54, 1.807) is 25.4 Å². The lowest BCUT2D eigenvalue weighted by Gasteiger charge is -2.16. The number of amides is 1. The second-order valence-corrected chi connectivity index (χ2v) is 7.64. The van der Waals surface area contributed by atoms with Gasteiger partial charge in [-0.15, -0.1) is 5.10 Å². The maximum atomic E-state index is 12.9. The Morgan fingerprint density at radius 2 is 1.88 bits per heavy atom. The van der Waals surface area contributed by atoms with Crippen molar-refractivity contribution in [1.29, 1.82) is 0 Å². The Hall–Kier alpha value is -4.53. The number of fused-ring (bicyclic) bond motifs is 1. The van der Waals surface area contributed by atoms with Crippen LogP contribution in [0.5, 0.6) is 0 Å². The molecule has 9 nitrogen and oxygen atoms in total. The van der Waals surface area contributed by atoms with Crippen molar-refractivity contribution in [2.45, 2.75) is 13.5 Å². The zero-order valence-electron chi connectivity index (χ0n) is 18.0. The smallest absolute Gasteiger partial charge is 0.333 e. The molecule has 9 heteroatoms. The fourth-order valence-electron chi connectivity index (χ4n) is 3.57. The number of hydrogen-bond acceptors (Lipinski definition) is 6. The molecule has 33 heavy (non-hydrogen) atoms. The minimum Gasteiger partial charge on any atom is -0.333 e. The van der Waals surface area contributed by atoms with Crippen molar-refractivity contribution >= 4 is 17.2 Å². The highest BCUT2D eigenvalue weighted by Gasteiger charge is 2.20. The minimum absolute atomic E-state index is 0.205. The number of likely N-dealkylation sites (N-methyl/N-ethyl adjacent to an activating group) is 1. The van der Waals surface area contributed by atoms with Gasteiger partial charge in [-0.05, 0) is 37.3 Å². The first kappa shape index (κ1) is 20.4. The van der Waals surface area contributed by atoms with Crippen molar-refractivity contribution < 1.29 is 9.32 Å². The molecule has 0 atom stereocenters. The number of benzene rings is 2. The van der Waals surface area contributed by atoms with Gasteiger partial charge >= 0.3 is 5.69 Å². The van der Waals surface area contributed by atoms with Crippen molar-refractivity contribution in [3.63, 3.8) is 0 Å². The van der Waals surface area contributed by atoms with Crippen LogP contribution in [-0.4, -0.2) is 37.3 Å². The van der Waals surface area contributed by atoms with Gasteiger partial charge in [0.2, 0.25) is 11.7 Å². The summed E-state index contributed by atoms with van der Waals surface area (Å²) in [5.74, 6) is 0.409. The summed E-state index contributed by atoms with van der Waals surface area (Å²) in [6.45, 7) is 1.78. The first-order chi connectivity index (χ1) is 16.0. The fourth-order valence-corrected chi connectivity index (χ4v) is 3.57. The Kier molecular flexibility index (Phi) is 5.06. The first-order valence-corrected chi connectivity index (χ1v) is 10.3. The Balaban J connectivity index is 1.48. The highest BCUT2D eigenvalue weighted by atomic mass is 16.5. The Labute approximate surface area is 188 Å². The lowest BCUT2D eigenvalue weighted by atomic mass is 10.1. The van der Waals surface area contributed by atoms with Crippen molar-refractivity contribution in [1.82, 2.24) is 24.3 Å². The molecule has 0 saturated carbocycles. The van der Waals surface area contributed by atoms with Crippen LogP contribution >= 0.6 is 0 Å². The average Bonchev–Trinajstić information content (AvgIpc) is 3.45. The molecule has 2 aromatic carbocycles. The van der Waals surface area contributed by atoms with Crippen LogP contribution in [0.1, 0.15) is 5.56 Å². The molecule has 0 N–H and O–H groups in total. The number of carbonyl (C=O) groups is 1. The SMILES string of the molecule is Cc1cccc(-c2noc(-c3cccn4c(=O)n(CC(=O)N(C)c5ccccc5)nc34)n2)c1. The van der Waals surface area contributed by atoms with E-state index in [-0.39, 0.29) is 18.3 Å². The number of nitrogens with zero attached hydrogens (tertiary/aromatic N) is 6. The van der Waals surface area contributed by atoms with Gasteiger partial charge in [0, 0.05) is 24.5 Å². The van der Waals surface area contributed by atoms with Crippen LogP contribution in [0.25, 0.3) is 28.5 Å². The van der Waals surface area contributed by atoms with Gasteiger partial charge in [0.1, 0.15) is 6.54 Å². The second-order valence-electron chi connectivity index (χ2n) is 7.64. The molecule has 5 rings (SSSR count). The van der Waals surface area contributed by atoms with Crippen molar-refractivity contribution in [3.05, 3.63) is 89.0 Å². The molecule has 0 aliphatic carbocycles. The molecule has 0 aliphatic heterocycles. The highest BCUT2D eigenvalue weighted by molar-refractivity contribution is 5.92. The predicted molar refractivity (Wildman–Crippen MR) is 123 cm³/mol. The number of para-hydroxylation sites is 1. The van der Waals surface area contributed by atoms with E-state index in [0.29, 0.717) is 17.0 Å². The van der Waals surface area contributed by atoms with Crippen LogP contribution in [0.2, 0.25) is 0 Å². The summed E-state index contributed by atoms with van der Waals surface area (Å²) < 4.78 is 7.98. The van der Waals surface area contributed by atoms with Gasteiger partial charge < -0.3 is 9.42 Å². The second kappa shape index (κ2) is 8.19. The molecule has 1 amide bonds. The molecule has 5 aromatic rings. The number of hydrogen-bond donors (Lipinski definition) is 0. The maximum Gasteiger partial charge on any atom is 0.350 e. The molecule has 164 valence electrons. The largest absolute Gasteiger partial charge is 0.350 e. The molecule has 0 saturated heterocycles. The summed E-state index contributed by atoms with van der Waals surface area (Å²) >= 11 is 0. The molecular formula is C24H20N6O3. The molecule has 0 fully saturated rings. The van der Waals surface area contributed by atoms with Crippen molar-refractivity contribution in [3.8, 4) is 22.8 Å². The van der Waals surface area contributed by atoms with Gasteiger partial charge in [-0.3, -0.25) is 4.79 Å². The van der Waals surface area contributed by atoms with Gasteiger partial charge in [0.25, 0.3) is 5.89 Å². The van der Waals surface area contributed by atoms with E-state index in [4.69, 9.17) is 4.52 Å². The van der Waals surface area contributed by atoms with E-state index in [1.165, 1.54) is 9.30 Å². The standard InChI is InChI=1S/C24H20N6O3/c1-16-8-6-9-17(14-16)21-25-23(33-27-21)19-12-7-13-29-22(19)26-30(24(29)32)15-20(31)28(2)18-10-4-3-5-11-18/h3-14H,15H2,1-2H3. The van der Waals surface area contributed by atoms with E-state index >= 15 is 0 Å². The average molecular weight is 440 g/mol. The van der Waals surface area contributed by atoms with E-state index < -0.39 is 5.69 Å². The normalized spacial score (nSPS) is 11.1. The van der Waals surface area contributed by atoms with E-state index in [1.807, 2.05) is 61.5 Å². The number of anilines is 1. The first-order valence-electron chi connectivity index (χ1n) is 10.3. The lowest BCUT2D eigenvalue weighted by molar-refractivity contribution is -0.119. The van der Waals surface area contributed by atoms with Gasteiger partial charge in [-0.1, -0.05) is 47.1 Å². The van der Waals surface area contributed by atoms with Crippen LogP contribution in [0.3, 0.4) is 0 Å². The Bertz CT molecular complexity index is 1520. The molecule has 3 aromatic heterocycles. The summed E-state index contributed by atoms with van der Waals surface area (Å²) in [5, 5.41) is 8.47. The quantitative estimate of drug-likeness (QED) is 0.416. The summed E-state index contributed by atoms with van der Waals surface area (Å²) in [5.41, 5.74) is 3.04. The zero-order chi connectivity index (χ0) is 22.9. The van der Waals surface area contributed by atoms with Crippen LogP contribution < -0.4 is 10.6 Å². The van der Waals surface area contributed by atoms with Crippen LogP contribution in [0.15, 0.2) is 82.2 Å². The van der Waals surface area contributed by atoms with Crippen LogP contribution in [-0.2, 0) is 11.3 Å². The molecule has 0 spiro atoms. The maximum absolute atomic E-state index is 12.9. The Morgan fingerprint density at radius 1 is 1.06 bits per heavy atom. The monoisotopic (exact) mass is 440 g/mol. The molecule has 0 radical (unpaired) electrons. The van der Waals surface area contributed by atoms with Gasteiger partial charge in [-0.2, -0.15) is 4.98 Å². The molecule has 0 unspecified atom stereocenters. The third-order valence-corrected chi connectivity index (χ3v) is 5.34. The minimum atomic E-state index is -0.430. The third kappa shape index (κ3) is 3.80. The number of rotatable bonds is 5. The Morgan fingerprint density at radius 3 is 2.67 bits per heavy atom. The fraction of sp³-hybridized carbons (Fsp3) is 0.125. The zero-order valence-corrected chi connectivity index (χ0v) is 18.0. The van der Waals surface area contributed by atoms with E-state index in [9.17, 15) is 9.59 Å². The van der Waals surface area contributed by atoms with Crippen molar-refractivity contribution in [2.24, 2.45) is 0 Å². The molecule has 3 heterocycles. The van der Waals surface area contributed by atoms with Crippen LogP contribution in [0, 0.1) is 6.92 Å². The van der Waals surface area contributed by atoms with Crippen molar-refractivity contribution in [2.75, 3.05) is 11.9 Å². The van der Waals surface area contributed by atoms with Gasteiger partial charge in [0.15, 0.2) is 5.65 Å². The summed E-state index contributed by atoms with van der Waals surface area (Å²) in [7, 11) is 1.66. The topological polar surface area (TPSA) is 98.5 Å². The van der Waals surface area contributed by atoms with E-state index in [2.05, 4.69) is 15.2 Å².